The quantitative estimate of drug-likeness (QED) is 0.257. The Hall–Kier alpha value is -0.950. The van der Waals surface area contributed by atoms with Gasteiger partial charge in [-0.05, 0) is 65.7 Å². The minimum absolute atomic E-state index is 0.0484. The van der Waals surface area contributed by atoms with Gasteiger partial charge in [0.25, 0.3) is 0 Å². The van der Waals surface area contributed by atoms with Crippen LogP contribution in [0.5, 0.6) is 0 Å². The van der Waals surface area contributed by atoms with E-state index in [1.807, 2.05) is 13.8 Å². The average molecular weight is 453 g/mol. The van der Waals surface area contributed by atoms with Gasteiger partial charge in [0.2, 0.25) is 0 Å². The number of esters is 1. The van der Waals surface area contributed by atoms with Gasteiger partial charge in [-0.15, -0.1) is 0 Å². The van der Waals surface area contributed by atoms with Gasteiger partial charge in [0.1, 0.15) is 23.4 Å². The number of carbonyl (C=O) groups is 1. The van der Waals surface area contributed by atoms with Crippen LogP contribution in [0, 0.1) is 17.8 Å². The van der Waals surface area contributed by atoms with Crippen LogP contribution in [0.25, 0.3) is 0 Å². The highest BCUT2D eigenvalue weighted by molar-refractivity contribution is 5.70. The standard InChI is InChI=1S/C26H44O6/c1-16(2)9-10-21-25(7,32-21)24-23(28-8)20(11-12-26(24)15-30-26)31-22(27)13-19(17(3)4)14-29-18(5)6/h9,17-21,23-24H,10-15H2,1-8H3/t19-,20?,21+,23?,24?,25-,26-/m0/s1. The monoisotopic (exact) mass is 452 g/mol. The molecule has 1 aliphatic carbocycles. The molecule has 2 aliphatic heterocycles. The molecule has 1 spiro atoms. The minimum Gasteiger partial charge on any atom is -0.460 e. The molecule has 2 heterocycles. The van der Waals surface area contributed by atoms with E-state index in [0.717, 1.165) is 25.9 Å². The molecule has 3 aliphatic rings. The third kappa shape index (κ3) is 5.75. The summed E-state index contributed by atoms with van der Waals surface area (Å²) < 4.78 is 30.1. The number of methoxy groups -OCH3 is 1. The molecule has 0 N–H and O–H groups in total. The highest BCUT2D eigenvalue weighted by Crippen LogP contribution is 2.59. The van der Waals surface area contributed by atoms with E-state index >= 15 is 0 Å². The summed E-state index contributed by atoms with van der Waals surface area (Å²) in [7, 11) is 1.71. The van der Waals surface area contributed by atoms with Crippen LogP contribution < -0.4 is 0 Å². The lowest BCUT2D eigenvalue weighted by atomic mass is 9.68. The summed E-state index contributed by atoms with van der Waals surface area (Å²) in [6, 6.07) is 0. The van der Waals surface area contributed by atoms with Gasteiger partial charge < -0.3 is 23.7 Å². The number of hydrogen-bond donors (Lipinski definition) is 0. The van der Waals surface area contributed by atoms with E-state index in [-0.39, 0.29) is 53.4 Å². The van der Waals surface area contributed by atoms with Crippen LogP contribution in [-0.4, -0.2) is 61.9 Å². The molecule has 3 fully saturated rings. The van der Waals surface area contributed by atoms with E-state index in [2.05, 4.69) is 40.7 Å². The Morgan fingerprint density at radius 1 is 1.22 bits per heavy atom. The topological polar surface area (TPSA) is 69.8 Å². The maximum absolute atomic E-state index is 12.9. The van der Waals surface area contributed by atoms with Crippen molar-refractivity contribution < 1.29 is 28.5 Å². The van der Waals surface area contributed by atoms with Crippen molar-refractivity contribution in [1.29, 1.82) is 0 Å². The van der Waals surface area contributed by atoms with Gasteiger partial charge in [0.05, 0.1) is 37.8 Å². The van der Waals surface area contributed by atoms with E-state index in [1.165, 1.54) is 5.57 Å². The number of rotatable bonds is 11. The van der Waals surface area contributed by atoms with Crippen molar-refractivity contribution in [3.05, 3.63) is 11.6 Å². The number of epoxide rings is 2. The third-order valence-corrected chi connectivity index (χ3v) is 7.54. The zero-order chi connectivity index (χ0) is 23.7. The molecule has 6 nitrogen and oxygen atoms in total. The van der Waals surface area contributed by atoms with Gasteiger partial charge in [-0.2, -0.15) is 0 Å². The van der Waals surface area contributed by atoms with Gasteiger partial charge in [-0.1, -0.05) is 25.5 Å². The number of carbonyl (C=O) groups excluding carboxylic acids is 1. The van der Waals surface area contributed by atoms with Gasteiger partial charge in [0.15, 0.2) is 0 Å². The van der Waals surface area contributed by atoms with E-state index in [4.69, 9.17) is 23.7 Å². The lowest BCUT2D eigenvalue weighted by molar-refractivity contribution is -0.173. The normalized spacial score (nSPS) is 36.9. The fourth-order valence-corrected chi connectivity index (χ4v) is 5.30. The molecule has 0 radical (unpaired) electrons. The largest absolute Gasteiger partial charge is 0.460 e. The van der Waals surface area contributed by atoms with Crippen molar-refractivity contribution in [2.24, 2.45) is 17.8 Å². The van der Waals surface area contributed by atoms with Gasteiger partial charge in [-0.3, -0.25) is 4.79 Å². The lowest BCUT2D eigenvalue weighted by Crippen LogP contribution is -2.55. The molecular weight excluding hydrogens is 408 g/mol. The second-order valence-corrected chi connectivity index (χ2v) is 11.0. The van der Waals surface area contributed by atoms with Gasteiger partial charge in [-0.25, -0.2) is 0 Å². The second-order valence-electron chi connectivity index (χ2n) is 11.0. The fourth-order valence-electron chi connectivity index (χ4n) is 5.30. The first-order chi connectivity index (χ1) is 15.0. The van der Waals surface area contributed by atoms with Crippen LogP contribution >= 0.6 is 0 Å². The summed E-state index contributed by atoms with van der Waals surface area (Å²) in [4.78, 5) is 12.9. The lowest BCUT2D eigenvalue weighted by Gasteiger charge is -2.42. The van der Waals surface area contributed by atoms with Crippen molar-refractivity contribution >= 4 is 5.97 Å². The summed E-state index contributed by atoms with van der Waals surface area (Å²) >= 11 is 0. The maximum atomic E-state index is 12.9. The first-order valence-corrected chi connectivity index (χ1v) is 12.3. The average Bonchev–Trinajstić information content (AvgIpc) is 3.62. The van der Waals surface area contributed by atoms with Crippen LogP contribution in [0.15, 0.2) is 11.6 Å². The van der Waals surface area contributed by atoms with Crippen LogP contribution in [0.2, 0.25) is 0 Å². The van der Waals surface area contributed by atoms with E-state index in [1.54, 1.807) is 7.11 Å². The molecule has 3 unspecified atom stereocenters. The molecule has 0 aromatic heterocycles. The minimum atomic E-state index is -0.320. The summed E-state index contributed by atoms with van der Waals surface area (Å²) in [5, 5.41) is 0. The molecular formula is C26H44O6. The number of hydrogen-bond acceptors (Lipinski definition) is 6. The molecule has 0 bridgehead atoms. The molecule has 184 valence electrons. The molecule has 2 saturated heterocycles. The Kier molecular flexibility index (Phi) is 8.12. The van der Waals surface area contributed by atoms with Crippen LogP contribution in [0.3, 0.4) is 0 Å². The predicted octanol–water partition coefficient (Wildman–Crippen LogP) is 4.69. The van der Waals surface area contributed by atoms with E-state index in [0.29, 0.717) is 18.9 Å². The smallest absolute Gasteiger partial charge is 0.306 e. The highest BCUT2D eigenvalue weighted by Gasteiger charge is 2.72. The van der Waals surface area contributed by atoms with E-state index in [9.17, 15) is 4.79 Å². The molecule has 3 rings (SSSR count). The van der Waals surface area contributed by atoms with Crippen molar-refractivity contribution in [1.82, 2.24) is 0 Å². The Labute approximate surface area is 194 Å². The number of allylic oxidation sites excluding steroid dienone is 1. The zero-order valence-electron chi connectivity index (χ0n) is 21.3. The third-order valence-electron chi connectivity index (χ3n) is 7.54. The molecule has 32 heavy (non-hydrogen) atoms. The Balaban J connectivity index is 1.66. The Morgan fingerprint density at radius 3 is 2.44 bits per heavy atom. The summed E-state index contributed by atoms with van der Waals surface area (Å²) in [6.45, 7) is 16.0. The molecule has 6 heteroatoms. The molecule has 0 aromatic rings. The molecule has 0 aromatic carbocycles. The summed E-state index contributed by atoms with van der Waals surface area (Å²) in [5.41, 5.74) is 0.767. The highest BCUT2D eigenvalue weighted by atomic mass is 16.6. The van der Waals surface area contributed by atoms with Crippen molar-refractivity contribution in [3.8, 4) is 0 Å². The Morgan fingerprint density at radius 2 is 1.91 bits per heavy atom. The first-order valence-electron chi connectivity index (χ1n) is 12.3. The van der Waals surface area contributed by atoms with Gasteiger partial charge in [0, 0.05) is 7.11 Å². The molecule has 7 atom stereocenters. The fraction of sp³-hybridized carbons (Fsp3) is 0.885. The molecule has 0 amide bonds. The van der Waals surface area contributed by atoms with Crippen LogP contribution in [-0.2, 0) is 28.5 Å². The molecule has 1 saturated carbocycles. The summed E-state index contributed by atoms with van der Waals surface area (Å²) in [5.74, 6) is 0.363. The van der Waals surface area contributed by atoms with Gasteiger partial charge >= 0.3 is 5.97 Å². The van der Waals surface area contributed by atoms with Crippen molar-refractivity contribution in [3.63, 3.8) is 0 Å². The van der Waals surface area contributed by atoms with Crippen molar-refractivity contribution in [2.45, 2.75) is 110 Å². The van der Waals surface area contributed by atoms with E-state index < -0.39 is 0 Å². The maximum Gasteiger partial charge on any atom is 0.306 e. The SMILES string of the molecule is COC1C(OC(=O)C[C@@H](COC(C)C)C(C)C)CC[C@]2(CO2)C1[C@@]1(C)O[C@@H]1CC=C(C)C. The predicted molar refractivity (Wildman–Crippen MR) is 123 cm³/mol. The zero-order valence-corrected chi connectivity index (χ0v) is 21.3. The first kappa shape index (κ1) is 25.7. The second kappa shape index (κ2) is 10.1. The summed E-state index contributed by atoms with van der Waals surface area (Å²) in [6.07, 6.45) is 4.88. The van der Waals surface area contributed by atoms with Crippen LogP contribution in [0.4, 0.5) is 0 Å². The van der Waals surface area contributed by atoms with Crippen molar-refractivity contribution in [2.75, 3.05) is 20.3 Å². The number of ether oxygens (including phenoxy) is 5. The van der Waals surface area contributed by atoms with Crippen LogP contribution in [0.1, 0.15) is 74.1 Å². The Bertz CT molecular complexity index is 678.